The molecule has 7 nitrogen and oxygen atoms in total. The van der Waals surface area contributed by atoms with Crippen molar-refractivity contribution < 1.29 is 9.53 Å². The summed E-state index contributed by atoms with van der Waals surface area (Å²) in [4.78, 5) is 18.7. The molecule has 0 spiro atoms. The number of methoxy groups -OCH3 is 1. The molecule has 0 bridgehead atoms. The summed E-state index contributed by atoms with van der Waals surface area (Å²) in [6.45, 7) is 2.47. The fraction of sp³-hybridized carbons (Fsp3) is 0.294. The van der Waals surface area contributed by atoms with Crippen LogP contribution < -0.4 is 10.1 Å². The molecular formula is C17H19N5O2S. The van der Waals surface area contributed by atoms with E-state index in [2.05, 4.69) is 20.5 Å². The molecule has 0 aliphatic rings. The van der Waals surface area contributed by atoms with Gasteiger partial charge in [-0.2, -0.15) is 0 Å². The number of hydrogen-bond donors (Lipinski definition) is 1. The van der Waals surface area contributed by atoms with Gasteiger partial charge in [0.25, 0.3) is 0 Å². The number of carbonyl (C=O) groups is 1. The summed E-state index contributed by atoms with van der Waals surface area (Å²) < 4.78 is 5.38. The Morgan fingerprint density at radius 1 is 1.40 bits per heavy atom. The number of hydrogen-bond acceptors (Lipinski definition) is 7. The van der Waals surface area contributed by atoms with Crippen LogP contribution in [0.5, 0.6) is 5.75 Å². The van der Waals surface area contributed by atoms with E-state index in [4.69, 9.17) is 4.74 Å². The topological polar surface area (TPSA) is 80.2 Å². The minimum Gasteiger partial charge on any atom is -0.494 e. The van der Waals surface area contributed by atoms with Gasteiger partial charge < -0.3 is 4.74 Å². The van der Waals surface area contributed by atoms with Crippen molar-refractivity contribution in [3.05, 3.63) is 41.5 Å². The number of aromatic nitrogens is 3. The number of pyridine rings is 1. The molecule has 2 aromatic heterocycles. The molecule has 1 N–H and O–H groups in total. The molecule has 1 atom stereocenters. The van der Waals surface area contributed by atoms with E-state index >= 15 is 0 Å². The van der Waals surface area contributed by atoms with Crippen LogP contribution in [-0.4, -0.2) is 46.2 Å². The highest BCUT2D eigenvalue weighted by Crippen LogP contribution is 2.27. The molecule has 0 saturated carbocycles. The van der Waals surface area contributed by atoms with Gasteiger partial charge in [-0.05, 0) is 31.7 Å². The molecule has 3 rings (SSSR count). The van der Waals surface area contributed by atoms with Crippen molar-refractivity contribution in [2.75, 3.05) is 19.5 Å². The summed E-state index contributed by atoms with van der Waals surface area (Å²) in [5.41, 5.74) is 3.49. The Balaban J connectivity index is 1.77. The molecular weight excluding hydrogens is 338 g/mol. The highest BCUT2D eigenvalue weighted by atomic mass is 32.1. The van der Waals surface area contributed by atoms with Gasteiger partial charge in [-0.1, -0.05) is 23.5 Å². The second kappa shape index (κ2) is 7.54. The molecule has 25 heavy (non-hydrogen) atoms. The van der Waals surface area contributed by atoms with Crippen molar-refractivity contribution in [2.24, 2.45) is 0 Å². The van der Waals surface area contributed by atoms with Crippen LogP contribution in [0, 0.1) is 0 Å². The Bertz CT molecular complexity index is 869. The Morgan fingerprint density at radius 3 is 2.96 bits per heavy atom. The molecule has 0 aliphatic heterocycles. The maximum absolute atomic E-state index is 12.4. The van der Waals surface area contributed by atoms with Gasteiger partial charge in [-0.15, -0.1) is 10.2 Å². The quantitative estimate of drug-likeness (QED) is 0.730. The third kappa shape index (κ3) is 3.75. The average Bonchev–Trinajstić information content (AvgIpc) is 3.14. The summed E-state index contributed by atoms with van der Waals surface area (Å²) in [5, 5.41) is 11.9. The number of anilines is 1. The van der Waals surface area contributed by atoms with Gasteiger partial charge in [-0.3, -0.25) is 20.0 Å². The Hall–Kier alpha value is -2.58. The molecule has 0 saturated heterocycles. The zero-order chi connectivity index (χ0) is 17.8. The fourth-order valence-electron chi connectivity index (χ4n) is 2.55. The molecule has 1 aromatic carbocycles. The first-order chi connectivity index (χ1) is 12.1. The highest BCUT2D eigenvalue weighted by Gasteiger charge is 2.20. The lowest BCUT2D eigenvalue weighted by Gasteiger charge is -2.24. The first-order valence-corrected chi connectivity index (χ1v) is 8.66. The van der Waals surface area contributed by atoms with Crippen LogP contribution in [-0.2, 0) is 11.3 Å². The third-order valence-electron chi connectivity index (χ3n) is 4.09. The zero-order valence-corrected chi connectivity index (χ0v) is 15.1. The van der Waals surface area contributed by atoms with Gasteiger partial charge in [0.1, 0.15) is 16.8 Å². The van der Waals surface area contributed by atoms with Crippen molar-refractivity contribution in [1.29, 1.82) is 0 Å². The van der Waals surface area contributed by atoms with Crippen molar-refractivity contribution >= 4 is 33.3 Å². The van der Waals surface area contributed by atoms with Crippen molar-refractivity contribution in [2.45, 2.75) is 19.5 Å². The van der Waals surface area contributed by atoms with Crippen LogP contribution in [0.2, 0.25) is 0 Å². The third-order valence-corrected chi connectivity index (χ3v) is 4.70. The standard InChI is InChI=1S/C17H19N5O2S/c1-11(16(23)20-17-21-19-10-25-17)22(2)9-12-6-7-14(24-3)15-13(12)5-4-8-18-15/h4-8,10-11H,9H2,1-3H3,(H,20,21,23). The average molecular weight is 357 g/mol. The number of fused-ring (bicyclic) bond motifs is 1. The van der Waals surface area contributed by atoms with Crippen molar-refractivity contribution in [1.82, 2.24) is 20.1 Å². The minimum atomic E-state index is -0.322. The van der Waals surface area contributed by atoms with Crippen molar-refractivity contribution in [3.63, 3.8) is 0 Å². The van der Waals surface area contributed by atoms with Gasteiger partial charge in [0, 0.05) is 18.1 Å². The number of benzene rings is 1. The van der Waals surface area contributed by atoms with E-state index in [1.54, 1.807) is 18.8 Å². The van der Waals surface area contributed by atoms with Gasteiger partial charge in [0.15, 0.2) is 0 Å². The second-order valence-corrected chi connectivity index (χ2v) is 6.48. The lowest BCUT2D eigenvalue weighted by molar-refractivity contribution is -0.120. The summed E-state index contributed by atoms with van der Waals surface area (Å²) in [6.07, 6.45) is 1.75. The smallest absolute Gasteiger partial charge is 0.243 e. The number of amides is 1. The minimum absolute atomic E-state index is 0.116. The monoisotopic (exact) mass is 357 g/mol. The Labute approximate surface area is 149 Å². The van der Waals surface area contributed by atoms with Gasteiger partial charge in [0.2, 0.25) is 11.0 Å². The number of likely N-dealkylation sites (N-methyl/N-ethyl adjacent to an activating group) is 1. The molecule has 0 radical (unpaired) electrons. The predicted octanol–water partition coefficient (Wildman–Crippen LogP) is 2.55. The van der Waals surface area contributed by atoms with E-state index in [0.29, 0.717) is 11.7 Å². The Morgan fingerprint density at radius 2 is 2.24 bits per heavy atom. The van der Waals surface area contributed by atoms with Gasteiger partial charge >= 0.3 is 0 Å². The number of nitrogens with zero attached hydrogens (tertiary/aromatic N) is 4. The largest absolute Gasteiger partial charge is 0.494 e. The van der Waals surface area contributed by atoms with E-state index in [1.807, 2.05) is 43.1 Å². The molecule has 0 aliphatic carbocycles. The zero-order valence-electron chi connectivity index (χ0n) is 14.3. The maximum Gasteiger partial charge on any atom is 0.243 e. The second-order valence-electron chi connectivity index (χ2n) is 5.65. The highest BCUT2D eigenvalue weighted by molar-refractivity contribution is 7.13. The van der Waals surface area contributed by atoms with E-state index in [9.17, 15) is 4.79 Å². The Kier molecular flexibility index (Phi) is 5.20. The molecule has 1 amide bonds. The van der Waals surface area contributed by atoms with Crippen LogP contribution in [0.1, 0.15) is 12.5 Å². The summed E-state index contributed by atoms with van der Waals surface area (Å²) in [6, 6.07) is 7.51. The summed E-state index contributed by atoms with van der Waals surface area (Å²) >= 11 is 1.30. The normalized spacial score (nSPS) is 12.3. The first-order valence-electron chi connectivity index (χ1n) is 7.78. The van der Waals surface area contributed by atoms with Crippen molar-refractivity contribution in [3.8, 4) is 5.75 Å². The van der Waals surface area contributed by atoms with Crippen LogP contribution >= 0.6 is 11.3 Å². The molecule has 3 aromatic rings. The van der Waals surface area contributed by atoms with Crippen LogP contribution in [0.3, 0.4) is 0 Å². The predicted molar refractivity (Wildman–Crippen MR) is 97.8 cm³/mol. The number of carbonyl (C=O) groups excluding carboxylic acids is 1. The van der Waals surface area contributed by atoms with Crippen LogP contribution in [0.4, 0.5) is 5.13 Å². The van der Waals surface area contributed by atoms with E-state index in [-0.39, 0.29) is 11.9 Å². The van der Waals surface area contributed by atoms with Gasteiger partial charge in [0.05, 0.1) is 13.2 Å². The van der Waals surface area contributed by atoms with Crippen LogP contribution in [0.25, 0.3) is 10.9 Å². The molecule has 0 fully saturated rings. The molecule has 130 valence electrons. The SMILES string of the molecule is COc1ccc(CN(C)C(C)C(=O)Nc2nncs2)c2cccnc12. The lowest BCUT2D eigenvalue weighted by atomic mass is 10.1. The fourth-order valence-corrected chi connectivity index (χ4v) is 3.00. The number of ether oxygens (including phenoxy) is 1. The number of rotatable bonds is 6. The molecule has 2 heterocycles. The van der Waals surface area contributed by atoms with E-state index in [1.165, 1.54) is 11.3 Å². The first kappa shape index (κ1) is 17.2. The maximum atomic E-state index is 12.4. The summed E-state index contributed by atoms with van der Waals surface area (Å²) in [5.74, 6) is 0.624. The number of nitrogens with one attached hydrogen (secondary N) is 1. The summed E-state index contributed by atoms with van der Waals surface area (Å²) in [7, 11) is 3.55. The van der Waals surface area contributed by atoms with E-state index < -0.39 is 0 Å². The molecule has 1 unspecified atom stereocenters. The van der Waals surface area contributed by atoms with E-state index in [0.717, 1.165) is 22.2 Å². The lowest BCUT2D eigenvalue weighted by Crippen LogP contribution is -2.39. The molecule has 8 heteroatoms. The van der Waals surface area contributed by atoms with Gasteiger partial charge in [-0.25, -0.2) is 0 Å². The van der Waals surface area contributed by atoms with Crippen LogP contribution in [0.15, 0.2) is 36.0 Å².